The van der Waals surface area contributed by atoms with Crippen LogP contribution in [0.3, 0.4) is 0 Å². The van der Waals surface area contributed by atoms with Crippen molar-refractivity contribution in [3.8, 4) is 0 Å². The first-order chi connectivity index (χ1) is 5.18. The highest BCUT2D eigenvalue weighted by Gasteiger charge is 2.20. The third-order valence-corrected chi connectivity index (χ3v) is 2.35. The summed E-state index contributed by atoms with van der Waals surface area (Å²) in [5, 5.41) is 8.50. The van der Waals surface area contributed by atoms with Gasteiger partial charge in [-0.2, -0.15) is 0 Å². The molecule has 0 aromatic rings. The van der Waals surface area contributed by atoms with Gasteiger partial charge in [-0.3, -0.25) is 4.79 Å². The van der Waals surface area contributed by atoms with Crippen molar-refractivity contribution in [2.45, 2.75) is 38.1 Å². The lowest BCUT2D eigenvalue weighted by molar-refractivity contribution is -0.138. The molecule has 0 radical (unpaired) electrons. The fraction of sp³-hybridized carbons (Fsp3) is 0.875. The van der Waals surface area contributed by atoms with E-state index in [0.717, 1.165) is 25.7 Å². The second kappa shape index (κ2) is 3.72. The number of hydrogen-bond acceptors (Lipinski definition) is 2. The van der Waals surface area contributed by atoms with Gasteiger partial charge >= 0.3 is 5.97 Å². The van der Waals surface area contributed by atoms with E-state index in [9.17, 15) is 4.79 Å². The van der Waals surface area contributed by atoms with E-state index in [0.29, 0.717) is 18.4 Å². The van der Waals surface area contributed by atoms with Gasteiger partial charge in [-0.05, 0) is 31.6 Å². The monoisotopic (exact) mass is 157 g/mol. The van der Waals surface area contributed by atoms with E-state index in [1.54, 1.807) is 0 Å². The van der Waals surface area contributed by atoms with Crippen molar-refractivity contribution < 1.29 is 9.90 Å². The molecule has 0 aromatic heterocycles. The molecule has 1 saturated carbocycles. The smallest absolute Gasteiger partial charge is 0.303 e. The highest BCUT2D eigenvalue weighted by atomic mass is 16.4. The molecule has 3 nitrogen and oxygen atoms in total. The first-order valence-corrected chi connectivity index (χ1v) is 4.16. The van der Waals surface area contributed by atoms with Crippen LogP contribution in [0.5, 0.6) is 0 Å². The molecule has 0 aliphatic heterocycles. The summed E-state index contributed by atoms with van der Waals surface area (Å²) in [6.07, 6.45) is 4.31. The summed E-state index contributed by atoms with van der Waals surface area (Å²) in [6, 6.07) is 0.319. The van der Waals surface area contributed by atoms with Gasteiger partial charge in [0.25, 0.3) is 0 Å². The number of hydrogen-bond donors (Lipinski definition) is 2. The molecule has 1 fully saturated rings. The van der Waals surface area contributed by atoms with Crippen molar-refractivity contribution in [2.75, 3.05) is 0 Å². The van der Waals surface area contributed by atoms with Gasteiger partial charge in [-0.25, -0.2) is 0 Å². The van der Waals surface area contributed by atoms with E-state index in [4.69, 9.17) is 10.8 Å². The molecule has 11 heavy (non-hydrogen) atoms. The molecular formula is C8H15NO2. The van der Waals surface area contributed by atoms with E-state index in [2.05, 4.69) is 0 Å². The molecule has 1 aliphatic rings. The van der Waals surface area contributed by atoms with E-state index in [1.807, 2.05) is 0 Å². The summed E-state index contributed by atoms with van der Waals surface area (Å²) >= 11 is 0. The van der Waals surface area contributed by atoms with Gasteiger partial charge in [0, 0.05) is 12.5 Å². The molecule has 3 heteroatoms. The minimum Gasteiger partial charge on any atom is -0.481 e. The van der Waals surface area contributed by atoms with Crippen LogP contribution in [0.15, 0.2) is 0 Å². The van der Waals surface area contributed by atoms with Crippen LogP contribution < -0.4 is 5.73 Å². The first kappa shape index (κ1) is 8.53. The predicted octanol–water partition coefficient (Wildman–Crippen LogP) is 0.979. The maximum absolute atomic E-state index is 10.3. The first-order valence-electron chi connectivity index (χ1n) is 4.16. The van der Waals surface area contributed by atoms with Crippen molar-refractivity contribution >= 4 is 5.97 Å². The second-order valence-electron chi connectivity index (χ2n) is 3.38. The molecule has 1 rings (SSSR count). The Morgan fingerprint density at radius 3 is 2.36 bits per heavy atom. The minimum absolute atomic E-state index is 0.319. The van der Waals surface area contributed by atoms with E-state index in [1.165, 1.54) is 0 Å². The maximum atomic E-state index is 10.3. The largest absolute Gasteiger partial charge is 0.481 e. The van der Waals surface area contributed by atoms with Gasteiger partial charge in [0.05, 0.1) is 0 Å². The van der Waals surface area contributed by atoms with Crippen LogP contribution >= 0.6 is 0 Å². The summed E-state index contributed by atoms with van der Waals surface area (Å²) in [7, 11) is 0. The summed E-state index contributed by atoms with van der Waals surface area (Å²) in [5.74, 6) is -0.294. The predicted molar refractivity (Wildman–Crippen MR) is 42.2 cm³/mol. The average Bonchev–Trinajstić information content (AvgIpc) is 1.93. The second-order valence-corrected chi connectivity index (χ2v) is 3.38. The molecule has 0 amide bonds. The zero-order valence-corrected chi connectivity index (χ0v) is 6.62. The SMILES string of the molecule is N[C@H]1CC[C@@H](CC(=O)O)CC1. The normalized spacial score (nSPS) is 31.7. The Balaban J connectivity index is 2.22. The Labute approximate surface area is 66.6 Å². The number of rotatable bonds is 2. The van der Waals surface area contributed by atoms with Crippen LogP contribution in [0.4, 0.5) is 0 Å². The average molecular weight is 157 g/mol. The van der Waals surface area contributed by atoms with Gasteiger partial charge in [-0.15, -0.1) is 0 Å². The van der Waals surface area contributed by atoms with E-state index in [-0.39, 0.29) is 0 Å². The number of aliphatic carboxylic acids is 1. The lowest BCUT2D eigenvalue weighted by atomic mass is 9.84. The van der Waals surface area contributed by atoms with Gasteiger partial charge in [0.1, 0.15) is 0 Å². The lowest BCUT2D eigenvalue weighted by Gasteiger charge is -2.24. The molecule has 0 bridgehead atoms. The molecule has 0 spiro atoms. The van der Waals surface area contributed by atoms with Crippen LogP contribution in [-0.4, -0.2) is 17.1 Å². The molecule has 0 aromatic carbocycles. The van der Waals surface area contributed by atoms with Crippen LogP contribution in [0, 0.1) is 5.92 Å². The fourth-order valence-electron chi connectivity index (χ4n) is 1.64. The van der Waals surface area contributed by atoms with Crippen molar-refractivity contribution in [2.24, 2.45) is 11.7 Å². The summed E-state index contributed by atoms with van der Waals surface area (Å²) in [4.78, 5) is 10.3. The van der Waals surface area contributed by atoms with Crippen LogP contribution in [0.1, 0.15) is 32.1 Å². The topological polar surface area (TPSA) is 63.3 Å². The number of carboxylic acid groups (broad SMARTS) is 1. The Kier molecular flexibility index (Phi) is 2.88. The fourth-order valence-corrected chi connectivity index (χ4v) is 1.64. The quantitative estimate of drug-likeness (QED) is 0.628. The lowest BCUT2D eigenvalue weighted by Crippen LogP contribution is -2.27. The van der Waals surface area contributed by atoms with Gasteiger partial charge in [0.15, 0.2) is 0 Å². The molecule has 1 aliphatic carbocycles. The van der Waals surface area contributed by atoms with Crippen LogP contribution in [0.2, 0.25) is 0 Å². The Morgan fingerprint density at radius 2 is 1.91 bits per heavy atom. The number of carbonyl (C=O) groups is 1. The van der Waals surface area contributed by atoms with Crippen molar-refractivity contribution in [3.63, 3.8) is 0 Å². The van der Waals surface area contributed by atoms with Crippen LogP contribution in [-0.2, 0) is 4.79 Å². The Morgan fingerprint density at radius 1 is 1.36 bits per heavy atom. The maximum Gasteiger partial charge on any atom is 0.303 e. The Hall–Kier alpha value is -0.570. The molecule has 0 saturated heterocycles. The zero-order chi connectivity index (χ0) is 8.27. The third kappa shape index (κ3) is 2.89. The highest BCUT2D eigenvalue weighted by Crippen LogP contribution is 2.25. The minimum atomic E-state index is -0.675. The molecule has 64 valence electrons. The van der Waals surface area contributed by atoms with Crippen LogP contribution in [0.25, 0.3) is 0 Å². The molecular weight excluding hydrogens is 142 g/mol. The summed E-state index contributed by atoms with van der Waals surface area (Å²) in [5.41, 5.74) is 5.68. The molecule has 3 N–H and O–H groups in total. The number of nitrogens with two attached hydrogens (primary N) is 1. The molecule has 0 atom stereocenters. The number of carboxylic acids is 1. The van der Waals surface area contributed by atoms with Gasteiger partial charge in [-0.1, -0.05) is 0 Å². The summed E-state index contributed by atoms with van der Waals surface area (Å²) in [6.45, 7) is 0. The highest BCUT2D eigenvalue weighted by molar-refractivity contribution is 5.67. The third-order valence-electron chi connectivity index (χ3n) is 2.35. The van der Waals surface area contributed by atoms with Gasteiger partial charge < -0.3 is 10.8 Å². The standard InChI is InChI=1S/C8H15NO2/c9-7-3-1-6(2-4-7)5-8(10)11/h6-7H,1-5,9H2,(H,10,11)/t6-,7+. The van der Waals surface area contributed by atoms with Crippen molar-refractivity contribution in [1.29, 1.82) is 0 Å². The summed E-state index contributed by atoms with van der Waals surface area (Å²) < 4.78 is 0. The van der Waals surface area contributed by atoms with Crippen molar-refractivity contribution in [1.82, 2.24) is 0 Å². The molecule has 0 heterocycles. The van der Waals surface area contributed by atoms with E-state index >= 15 is 0 Å². The Bertz CT molecular complexity index is 139. The van der Waals surface area contributed by atoms with Gasteiger partial charge in [0.2, 0.25) is 0 Å². The van der Waals surface area contributed by atoms with Crippen molar-refractivity contribution in [3.05, 3.63) is 0 Å². The van der Waals surface area contributed by atoms with E-state index < -0.39 is 5.97 Å². The zero-order valence-electron chi connectivity index (χ0n) is 6.62. The molecule has 0 unspecified atom stereocenters.